The van der Waals surface area contributed by atoms with Crippen molar-refractivity contribution in [2.75, 3.05) is 0 Å². The normalized spacial score (nSPS) is 11.0. The third kappa shape index (κ3) is 2.91. The molecule has 3 aromatic rings. The molecule has 0 amide bonds. The number of oxazole rings is 1. The van der Waals surface area contributed by atoms with Gasteiger partial charge in [0.1, 0.15) is 17.5 Å². The van der Waals surface area contributed by atoms with Crippen LogP contribution in [0.2, 0.25) is 5.15 Å². The summed E-state index contributed by atoms with van der Waals surface area (Å²) in [4.78, 5) is 14.4. The molecule has 0 bridgehead atoms. The summed E-state index contributed by atoms with van der Waals surface area (Å²) in [5.74, 6) is -1.45. The zero-order valence-electron chi connectivity index (χ0n) is 14.5. The Morgan fingerprint density at radius 3 is 2.52 bits per heavy atom. The molecule has 27 heavy (non-hydrogen) atoms. The second-order valence-electron chi connectivity index (χ2n) is 5.95. The predicted octanol–water partition coefficient (Wildman–Crippen LogP) is 3.54. The Bertz CT molecular complexity index is 1060. The van der Waals surface area contributed by atoms with Gasteiger partial charge in [0.2, 0.25) is 11.6 Å². The number of phenolic OH excluding ortho intramolecular Hbond substituents is 2. The van der Waals surface area contributed by atoms with Crippen LogP contribution in [0.1, 0.15) is 16.8 Å². The monoisotopic (exact) mass is 391 g/mol. The minimum absolute atomic E-state index is 0.0513. The predicted molar refractivity (Wildman–Crippen MR) is 95.5 cm³/mol. The highest BCUT2D eigenvalue weighted by Gasteiger charge is 2.26. The fourth-order valence-electron chi connectivity index (χ4n) is 2.68. The molecule has 0 aliphatic heterocycles. The third-order valence-corrected chi connectivity index (χ3v) is 4.79. The molecule has 0 radical (unpaired) electrons. The molecular formula is C17H14ClN3O6. The molecule has 10 heteroatoms. The van der Waals surface area contributed by atoms with Crippen molar-refractivity contribution in [3.05, 3.63) is 55.7 Å². The number of halogens is 1. The molecule has 140 valence electrons. The Balaban J connectivity index is 2.17. The van der Waals surface area contributed by atoms with Crippen molar-refractivity contribution >= 4 is 17.3 Å². The van der Waals surface area contributed by atoms with Crippen LogP contribution in [0, 0.1) is 36.1 Å². The Labute approximate surface area is 157 Å². The summed E-state index contributed by atoms with van der Waals surface area (Å²) in [5.41, 5.74) is 1.83. The maximum atomic E-state index is 12.2. The molecule has 2 N–H and O–H groups in total. The summed E-state index contributed by atoms with van der Waals surface area (Å²) in [6, 6.07) is 2.17. The zero-order valence-corrected chi connectivity index (χ0v) is 15.2. The van der Waals surface area contributed by atoms with Gasteiger partial charge in [0.25, 0.3) is 5.15 Å². The van der Waals surface area contributed by atoms with Crippen molar-refractivity contribution in [2.24, 2.45) is 0 Å². The number of aromatic hydroxyl groups is 2. The molecule has 0 spiro atoms. The number of benzene rings is 1. The molecule has 3 rings (SSSR count). The molecule has 0 saturated heterocycles. The smallest absolute Gasteiger partial charge is 0.315 e. The summed E-state index contributed by atoms with van der Waals surface area (Å²) in [6.45, 7) is 5.18. The van der Waals surface area contributed by atoms with Crippen molar-refractivity contribution < 1.29 is 24.3 Å². The van der Waals surface area contributed by atoms with Gasteiger partial charge in [-0.1, -0.05) is 0 Å². The van der Waals surface area contributed by atoms with E-state index in [4.69, 9.17) is 16.0 Å². The van der Waals surface area contributed by atoms with Crippen LogP contribution in [0.5, 0.6) is 11.5 Å². The van der Waals surface area contributed by atoms with E-state index in [1.54, 1.807) is 20.8 Å². The zero-order chi connectivity index (χ0) is 20.0. The Hall–Kier alpha value is -3.33. The van der Waals surface area contributed by atoms with E-state index >= 15 is 0 Å². The van der Waals surface area contributed by atoms with Crippen LogP contribution in [-0.4, -0.2) is 20.1 Å². The van der Waals surface area contributed by atoms with E-state index in [0.29, 0.717) is 21.6 Å². The molecular weight excluding hydrogens is 378 g/mol. The van der Waals surface area contributed by atoms with Gasteiger partial charge >= 0.3 is 5.69 Å². The number of aromatic nitrogens is 2. The van der Waals surface area contributed by atoms with Crippen molar-refractivity contribution in [1.29, 1.82) is 0 Å². The highest BCUT2D eigenvalue weighted by Crippen LogP contribution is 2.40. The number of hydrogen-bond donors (Lipinski definition) is 2. The average Bonchev–Trinajstić information content (AvgIpc) is 3.10. The van der Waals surface area contributed by atoms with E-state index in [0.717, 1.165) is 17.7 Å². The second kappa shape index (κ2) is 6.44. The van der Waals surface area contributed by atoms with Gasteiger partial charge < -0.3 is 19.8 Å². The van der Waals surface area contributed by atoms with Crippen LogP contribution in [0.4, 0.5) is 5.69 Å². The van der Waals surface area contributed by atoms with Gasteiger partial charge in [-0.2, -0.15) is 4.73 Å². The van der Waals surface area contributed by atoms with Crippen LogP contribution in [0.15, 0.2) is 22.8 Å². The highest BCUT2D eigenvalue weighted by molar-refractivity contribution is 6.31. The fourth-order valence-corrected chi connectivity index (χ4v) is 3.03. The minimum Gasteiger partial charge on any atom is -0.617 e. The first-order chi connectivity index (χ1) is 12.6. The Morgan fingerprint density at radius 1 is 1.22 bits per heavy atom. The molecule has 2 aromatic heterocycles. The van der Waals surface area contributed by atoms with Crippen LogP contribution < -0.4 is 4.73 Å². The maximum absolute atomic E-state index is 12.2. The van der Waals surface area contributed by atoms with E-state index in [-0.39, 0.29) is 22.3 Å². The number of pyridine rings is 1. The molecule has 9 nitrogen and oxygen atoms in total. The number of nitro benzene ring substituents is 1. The summed E-state index contributed by atoms with van der Waals surface area (Å²) in [7, 11) is 0. The molecule has 0 saturated carbocycles. The Kier molecular flexibility index (Phi) is 4.40. The average molecular weight is 392 g/mol. The van der Waals surface area contributed by atoms with Crippen LogP contribution >= 0.6 is 11.6 Å². The van der Waals surface area contributed by atoms with E-state index in [1.165, 1.54) is 6.26 Å². The number of hydrogen-bond acceptors (Lipinski definition) is 7. The molecule has 0 aliphatic rings. The lowest BCUT2D eigenvalue weighted by Gasteiger charge is -2.11. The van der Waals surface area contributed by atoms with Crippen molar-refractivity contribution in [3.63, 3.8) is 0 Å². The lowest BCUT2D eigenvalue weighted by molar-refractivity contribution is -0.609. The number of nitrogens with zero attached hydrogens (tertiary/aromatic N) is 3. The highest BCUT2D eigenvalue weighted by atomic mass is 35.5. The van der Waals surface area contributed by atoms with Gasteiger partial charge in [0.05, 0.1) is 4.92 Å². The van der Waals surface area contributed by atoms with E-state index < -0.39 is 22.1 Å². The standard InChI is InChI=1S/C17H14ClN3O6/c1-7-8(2)14(16(18)20(24)9(7)3)17-19-11(6-27-17)10-4-12(21(25)26)15(23)13(22)5-10/h4-6,22-23H,1-3H3. The van der Waals surface area contributed by atoms with Crippen LogP contribution in [-0.2, 0) is 0 Å². The van der Waals surface area contributed by atoms with Gasteiger partial charge in [-0.15, -0.1) is 0 Å². The van der Waals surface area contributed by atoms with Crippen molar-refractivity contribution in [1.82, 2.24) is 4.98 Å². The summed E-state index contributed by atoms with van der Waals surface area (Å²) in [5, 5.41) is 42.4. The van der Waals surface area contributed by atoms with Gasteiger partial charge in [0, 0.05) is 24.1 Å². The van der Waals surface area contributed by atoms with Gasteiger partial charge in [-0.05, 0) is 37.1 Å². The second-order valence-corrected chi connectivity index (χ2v) is 6.31. The summed E-state index contributed by atoms with van der Waals surface area (Å²) in [6.07, 6.45) is 1.21. The van der Waals surface area contributed by atoms with Gasteiger partial charge in [-0.25, -0.2) is 4.98 Å². The van der Waals surface area contributed by atoms with E-state index in [2.05, 4.69) is 4.98 Å². The number of rotatable bonds is 3. The van der Waals surface area contributed by atoms with Crippen LogP contribution in [0.3, 0.4) is 0 Å². The van der Waals surface area contributed by atoms with Crippen LogP contribution in [0.25, 0.3) is 22.7 Å². The largest absolute Gasteiger partial charge is 0.617 e. The first-order valence-corrected chi connectivity index (χ1v) is 8.06. The third-order valence-electron chi connectivity index (χ3n) is 4.45. The lowest BCUT2D eigenvalue weighted by Crippen LogP contribution is -2.33. The summed E-state index contributed by atoms with van der Waals surface area (Å²) < 4.78 is 6.00. The quantitative estimate of drug-likeness (QED) is 0.174. The number of phenols is 2. The molecule has 0 aliphatic carbocycles. The topological polar surface area (TPSA) is 137 Å². The van der Waals surface area contributed by atoms with Gasteiger partial charge in [-0.3, -0.25) is 10.1 Å². The van der Waals surface area contributed by atoms with Crippen molar-refractivity contribution in [3.8, 4) is 34.2 Å². The van der Waals surface area contributed by atoms with E-state index in [9.17, 15) is 25.5 Å². The minimum atomic E-state index is -0.840. The first-order valence-electron chi connectivity index (χ1n) is 7.69. The molecule has 1 aromatic carbocycles. The molecule has 0 atom stereocenters. The molecule has 2 heterocycles. The Morgan fingerprint density at radius 2 is 1.89 bits per heavy atom. The van der Waals surface area contributed by atoms with E-state index in [1.807, 2.05) is 0 Å². The summed E-state index contributed by atoms with van der Waals surface area (Å²) >= 11 is 6.17. The lowest BCUT2D eigenvalue weighted by atomic mass is 10.0. The fraction of sp³-hybridized carbons (Fsp3) is 0.176. The van der Waals surface area contributed by atoms with Crippen molar-refractivity contribution in [2.45, 2.75) is 20.8 Å². The molecule has 0 unspecified atom stereocenters. The SMILES string of the molecule is Cc1c(C)c(C)[n+]([O-])c(Cl)c1-c1nc(-c2cc(O)c(O)c([N+](=O)[O-])c2)co1. The maximum Gasteiger partial charge on any atom is 0.315 e. The first kappa shape index (κ1) is 18.5. The number of nitro groups is 1. The van der Waals surface area contributed by atoms with Gasteiger partial charge in [0.15, 0.2) is 11.4 Å². The molecule has 0 fully saturated rings.